The molecule has 3 aliphatic rings. The SMILES string of the molecule is CC(C)(C)NC(=O)N[C@H](C(=O)N1C[C@H]2[C@@H]([C@H]1C(=O)N[C@@H](CC1CCC1)[C@@H](O)C(N)=O)C2(C)C)C(C)(C)C. The van der Waals surface area contributed by atoms with E-state index in [1.807, 2.05) is 41.5 Å². The van der Waals surface area contributed by atoms with Crippen LogP contribution in [0.25, 0.3) is 0 Å². The van der Waals surface area contributed by atoms with Crippen molar-refractivity contribution >= 4 is 23.8 Å². The highest BCUT2D eigenvalue weighted by Crippen LogP contribution is 2.65. The molecule has 3 rings (SSSR count). The molecule has 210 valence electrons. The van der Waals surface area contributed by atoms with Gasteiger partial charge in [0.1, 0.15) is 12.1 Å². The van der Waals surface area contributed by atoms with Crippen molar-refractivity contribution in [2.24, 2.45) is 34.3 Å². The van der Waals surface area contributed by atoms with E-state index in [0.29, 0.717) is 18.9 Å². The average Bonchev–Trinajstić information content (AvgIpc) is 3.06. The summed E-state index contributed by atoms with van der Waals surface area (Å²) in [6.07, 6.45) is 2.03. The van der Waals surface area contributed by atoms with Crippen LogP contribution in [0.1, 0.15) is 81.1 Å². The van der Waals surface area contributed by atoms with Crippen molar-refractivity contribution in [1.29, 1.82) is 0 Å². The van der Waals surface area contributed by atoms with E-state index in [0.717, 1.165) is 19.3 Å². The van der Waals surface area contributed by atoms with E-state index in [9.17, 15) is 24.3 Å². The fourth-order valence-electron chi connectivity index (χ4n) is 5.96. The molecule has 0 bridgehead atoms. The number of carbonyl (C=O) groups excluding carboxylic acids is 4. The van der Waals surface area contributed by atoms with Crippen LogP contribution in [-0.2, 0) is 14.4 Å². The molecule has 0 spiro atoms. The maximum Gasteiger partial charge on any atom is 0.315 e. The summed E-state index contributed by atoms with van der Waals surface area (Å²) in [6.45, 7) is 15.8. The predicted molar refractivity (Wildman–Crippen MR) is 140 cm³/mol. The number of nitrogens with one attached hydrogen (secondary N) is 3. The number of urea groups is 1. The van der Waals surface area contributed by atoms with Gasteiger partial charge in [-0.1, -0.05) is 53.9 Å². The molecule has 3 fully saturated rings. The number of carbonyl (C=O) groups is 4. The molecule has 1 heterocycles. The van der Waals surface area contributed by atoms with E-state index in [4.69, 9.17) is 5.73 Å². The molecule has 10 heteroatoms. The first-order valence-electron chi connectivity index (χ1n) is 13.5. The van der Waals surface area contributed by atoms with Crippen molar-refractivity contribution in [3.8, 4) is 0 Å². The average molecular weight is 522 g/mol. The second-order valence-electron chi connectivity index (χ2n) is 14.0. The van der Waals surface area contributed by atoms with Crippen LogP contribution in [0.5, 0.6) is 0 Å². The summed E-state index contributed by atoms with van der Waals surface area (Å²) in [6, 6.07) is -2.86. The van der Waals surface area contributed by atoms with Crippen molar-refractivity contribution in [1.82, 2.24) is 20.9 Å². The third-order valence-electron chi connectivity index (χ3n) is 8.45. The first kappa shape index (κ1) is 29.2. The molecule has 0 aromatic heterocycles. The maximum absolute atomic E-state index is 13.9. The van der Waals surface area contributed by atoms with E-state index in [-0.39, 0.29) is 29.1 Å². The van der Waals surface area contributed by atoms with Gasteiger partial charge in [0.2, 0.25) is 17.7 Å². The number of amides is 5. The number of piperidine rings is 1. The lowest BCUT2D eigenvalue weighted by molar-refractivity contribution is -0.144. The van der Waals surface area contributed by atoms with Crippen molar-refractivity contribution in [3.05, 3.63) is 0 Å². The van der Waals surface area contributed by atoms with Crippen LogP contribution < -0.4 is 21.7 Å². The van der Waals surface area contributed by atoms with Gasteiger partial charge in [0.15, 0.2) is 6.10 Å². The third-order valence-corrected chi connectivity index (χ3v) is 8.45. The summed E-state index contributed by atoms with van der Waals surface area (Å²) in [5, 5.41) is 19.0. The number of hydrogen-bond donors (Lipinski definition) is 5. The van der Waals surface area contributed by atoms with Gasteiger partial charge in [-0.2, -0.15) is 0 Å². The fraction of sp³-hybridized carbons (Fsp3) is 0.852. The second kappa shape index (κ2) is 10.1. The Kier molecular flexibility index (Phi) is 7.95. The summed E-state index contributed by atoms with van der Waals surface area (Å²) < 4.78 is 0. The van der Waals surface area contributed by atoms with Crippen LogP contribution >= 0.6 is 0 Å². The summed E-state index contributed by atoms with van der Waals surface area (Å²) in [5.41, 5.74) is 4.19. The molecule has 0 radical (unpaired) electrons. The lowest BCUT2D eigenvalue weighted by Crippen LogP contribution is -2.62. The number of aliphatic hydroxyl groups excluding tert-OH is 1. The zero-order valence-corrected chi connectivity index (χ0v) is 23.7. The number of fused-ring (bicyclic) bond motifs is 1. The fourth-order valence-corrected chi connectivity index (χ4v) is 5.96. The number of hydrogen-bond acceptors (Lipinski definition) is 5. The number of nitrogens with two attached hydrogens (primary N) is 1. The van der Waals surface area contributed by atoms with E-state index >= 15 is 0 Å². The minimum atomic E-state index is -1.50. The van der Waals surface area contributed by atoms with Crippen LogP contribution in [0.2, 0.25) is 0 Å². The highest BCUT2D eigenvalue weighted by atomic mass is 16.3. The van der Waals surface area contributed by atoms with Crippen LogP contribution in [0, 0.1) is 28.6 Å². The van der Waals surface area contributed by atoms with E-state index in [2.05, 4.69) is 29.8 Å². The summed E-state index contributed by atoms with van der Waals surface area (Å²) in [4.78, 5) is 53.7. The molecule has 2 aliphatic carbocycles. The van der Waals surface area contributed by atoms with Crippen LogP contribution in [0.4, 0.5) is 4.79 Å². The smallest absolute Gasteiger partial charge is 0.315 e. The summed E-state index contributed by atoms with van der Waals surface area (Å²) >= 11 is 0. The predicted octanol–water partition coefficient (Wildman–Crippen LogP) is 1.50. The number of nitrogens with zero attached hydrogens (tertiary/aromatic N) is 1. The van der Waals surface area contributed by atoms with Crippen molar-refractivity contribution in [3.63, 3.8) is 0 Å². The van der Waals surface area contributed by atoms with Gasteiger partial charge < -0.3 is 31.7 Å². The lowest BCUT2D eigenvalue weighted by Gasteiger charge is -2.39. The molecule has 0 unspecified atom stereocenters. The Bertz CT molecular complexity index is 917. The van der Waals surface area contributed by atoms with Crippen molar-refractivity contribution in [2.45, 2.75) is 111 Å². The van der Waals surface area contributed by atoms with Gasteiger partial charge in [-0.15, -0.1) is 0 Å². The lowest BCUT2D eigenvalue weighted by atomic mass is 9.79. The van der Waals surface area contributed by atoms with Crippen LogP contribution in [0.15, 0.2) is 0 Å². The van der Waals surface area contributed by atoms with Gasteiger partial charge in [0.05, 0.1) is 6.04 Å². The number of likely N-dealkylation sites (tertiary alicyclic amines) is 1. The van der Waals surface area contributed by atoms with E-state index in [1.54, 1.807) is 4.90 Å². The molecular formula is C27H47N5O5. The van der Waals surface area contributed by atoms with Gasteiger partial charge in [0, 0.05) is 12.1 Å². The highest BCUT2D eigenvalue weighted by molar-refractivity contribution is 5.94. The minimum Gasteiger partial charge on any atom is -0.381 e. The van der Waals surface area contributed by atoms with E-state index in [1.165, 1.54) is 0 Å². The van der Waals surface area contributed by atoms with Gasteiger partial charge in [0.25, 0.3) is 0 Å². The zero-order valence-electron chi connectivity index (χ0n) is 23.7. The number of rotatable bonds is 8. The molecule has 6 N–H and O–H groups in total. The number of primary amides is 1. The Morgan fingerprint density at radius 2 is 1.65 bits per heavy atom. The molecule has 37 heavy (non-hydrogen) atoms. The molecule has 1 aliphatic heterocycles. The Hall–Kier alpha value is -2.36. The first-order chi connectivity index (χ1) is 16.8. The van der Waals surface area contributed by atoms with E-state index < -0.39 is 47.1 Å². The third kappa shape index (κ3) is 6.38. The quantitative estimate of drug-likeness (QED) is 0.328. The molecule has 10 nitrogen and oxygen atoms in total. The zero-order chi connectivity index (χ0) is 28.1. The standard InChI is InChI=1S/C27H47N5O5/c1-25(2,3)20(30-24(37)31-26(4,5)6)23(36)32-13-15-17(27(15,7)8)18(32)22(35)29-16(19(33)21(28)34)12-14-10-9-11-14/h14-20,33H,9-13H2,1-8H3,(H2,28,34)(H,29,35)(H2,30,31,37)/t15-,16-,17-,18-,19+,20+/m0/s1. The van der Waals surface area contributed by atoms with Gasteiger partial charge >= 0.3 is 6.03 Å². The Morgan fingerprint density at radius 3 is 2.11 bits per heavy atom. The maximum atomic E-state index is 13.9. The molecule has 2 saturated carbocycles. The van der Waals surface area contributed by atoms with Gasteiger partial charge in [-0.25, -0.2) is 4.79 Å². The molecule has 5 amide bonds. The Labute approximate surface area is 220 Å². The normalized spacial score (nSPS) is 27.3. The monoisotopic (exact) mass is 521 g/mol. The molecular weight excluding hydrogens is 474 g/mol. The highest BCUT2D eigenvalue weighted by Gasteiger charge is 2.69. The van der Waals surface area contributed by atoms with Crippen LogP contribution in [-0.4, -0.2) is 70.1 Å². The van der Waals surface area contributed by atoms with Crippen molar-refractivity contribution in [2.75, 3.05) is 6.54 Å². The first-order valence-corrected chi connectivity index (χ1v) is 13.5. The number of aliphatic hydroxyl groups is 1. The van der Waals surface area contributed by atoms with Gasteiger partial charge in [-0.05, 0) is 55.8 Å². The molecule has 6 atom stereocenters. The molecule has 0 aromatic rings. The minimum absolute atomic E-state index is 0.0458. The summed E-state index contributed by atoms with van der Waals surface area (Å²) in [7, 11) is 0. The molecule has 0 aromatic carbocycles. The Balaban J connectivity index is 1.83. The summed E-state index contributed by atoms with van der Waals surface area (Å²) in [5.74, 6) is -1.15. The topological polar surface area (TPSA) is 154 Å². The molecule has 1 saturated heterocycles. The van der Waals surface area contributed by atoms with Crippen LogP contribution in [0.3, 0.4) is 0 Å². The largest absolute Gasteiger partial charge is 0.381 e. The van der Waals surface area contributed by atoms with Crippen molar-refractivity contribution < 1.29 is 24.3 Å². The second-order valence-corrected chi connectivity index (χ2v) is 14.0. The van der Waals surface area contributed by atoms with Gasteiger partial charge in [-0.3, -0.25) is 14.4 Å². The Morgan fingerprint density at radius 1 is 1.05 bits per heavy atom.